The number of nitrogens with two attached hydrogens (primary N) is 1. The van der Waals surface area contributed by atoms with Crippen LogP contribution in [0.2, 0.25) is 0 Å². The monoisotopic (exact) mass is 492 g/mol. The molecule has 196 valence electrons. The Morgan fingerprint density at radius 3 is 2.36 bits per heavy atom. The molecule has 4 N–H and O–H groups in total. The highest BCUT2D eigenvalue weighted by Crippen LogP contribution is 2.32. The molecule has 3 unspecified atom stereocenters. The number of amides is 2. The Labute approximate surface area is 217 Å². The summed E-state index contributed by atoms with van der Waals surface area (Å²) in [7, 11) is 1.76. The van der Waals surface area contributed by atoms with Crippen LogP contribution in [0.1, 0.15) is 68.6 Å². The molecule has 0 bridgehead atoms. The number of rotatable bonds is 9. The van der Waals surface area contributed by atoms with Gasteiger partial charge in [0.1, 0.15) is 6.04 Å². The number of hydrogen-bond acceptors (Lipinski definition) is 4. The van der Waals surface area contributed by atoms with Crippen LogP contribution >= 0.6 is 0 Å². The predicted molar refractivity (Wildman–Crippen MR) is 148 cm³/mol. The summed E-state index contributed by atoms with van der Waals surface area (Å²) >= 11 is 0. The topological polar surface area (TPSA) is 87.5 Å². The third-order valence-electron chi connectivity index (χ3n) is 7.62. The molecule has 1 aliphatic heterocycles. The number of nitrogens with zero attached hydrogens (tertiary/aromatic N) is 1. The maximum absolute atomic E-state index is 14.0. The molecule has 2 aliphatic rings. The van der Waals surface area contributed by atoms with Crippen molar-refractivity contribution in [1.82, 2.24) is 15.5 Å². The third kappa shape index (κ3) is 6.88. The van der Waals surface area contributed by atoms with E-state index in [0.29, 0.717) is 12.2 Å². The third-order valence-corrected chi connectivity index (χ3v) is 7.62. The first-order chi connectivity index (χ1) is 17.2. The molecule has 1 heterocycles. The fraction of sp³-hybridized carbons (Fsp3) is 0.533. The second kappa shape index (κ2) is 12.9. The highest BCUT2D eigenvalue weighted by molar-refractivity contribution is 5.90. The van der Waals surface area contributed by atoms with Gasteiger partial charge in [-0.3, -0.25) is 9.59 Å². The van der Waals surface area contributed by atoms with Crippen LogP contribution in [-0.4, -0.2) is 48.4 Å². The lowest BCUT2D eigenvalue weighted by Gasteiger charge is -2.36. The van der Waals surface area contributed by atoms with Gasteiger partial charge in [-0.2, -0.15) is 0 Å². The largest absolute Gasteiger partial charge is 0.398 e. The van der Waals surface area contributed by atoms with Crippen molar-refractivity contribution >= 4 is 17.5 Å². The SMILES string of the molecule is C=C/C=C(\C=C(/N)c1cc(C)cc(C)c1)C1CCCN1C(=O)C(NC(=O)C(C)NC)C1CCCCC1. The van der Waals surface area contributed by atoms with E-state index in [0.717, 1.165) is 60.8 Å². The minimum absolute atomic E-state index is 0.0226. The maximum Gasteiger partial charge on any atom is 0.245 e. The van der Waals surface area contributed by atoms with Crippen LogP contribution in [0.5, 0.6) is 0 Å². The highest BCUT2D eigenvalue weighted by Gasteiger charge is 2.39. The number of benzene rings is 1. The summed E-state index contributed by atoms with van der Waals surface area (Å²) in [5, 5.41) is 6.10. The Kier molecular flexibility index (Phi) is 9.94. The van der Waals surface area contributed by atoms with Crippen molar-refractivity contribution in [2.75, 3.05) is 13.6 Å². The molecule has 0 radical (unpaired) electrons. The van der Waals surface area contributed by atoms with Gasteiger partial charge >= 0.3 is 0 Å². The van der Waals surface area contributed by atoms with Crippen molar-refractivity contribution in [1.29, 1.82) is 0 Å². The average molecular weight is 493 g/mol. The lowest BCUT2D eigenvalue weighted by molar-refractivity contribution is -0.139. The fourth-order valence-corrected chi connectivity index (χ4v) is 5.61. The van der Waals surface area contributed by atoms with Crippen LogP contribution in [0.25, 0.3) is 5.70 Å². The Hall–Kier alpha value is -2.86. The number of nitrogens with one attached hydrogen (secondary N) is 2. The predicted octanol–water partition coefficient (Wildman–Crippen LogP) is 4.38. The maximum atomic E-state index is 14.0. The molecule has 6 nitrogen and oxygen atoms in total. The number of allylic oxidation sites excluding steroid dienone is 2. The van der Waals surface area contributed by atoms with E-state index in [2.05, 4.69) is 49.3 Å². The van der Waals surface area contributed by atoms with Crippen LogP contribution in [0.4, 0.5) is 0 Å². The van der Waals surface area contributed by atoms with Crippen LogP contribution in [-0.2, 0) is 9.59 Å². The average Bonchev–Trinajstić information content (AvgIpc) is 3.35. The summed E-state index contributed by atoms with van der Waals surface area (Å²) in [5.41, 5.74) is 11.5. The molecule has 2 amide bonds. The van der Waals surface area contributed by atoms with Gasteiger partial charge in [-0.1, -0.05) is 55.2 Å². The molecule has 1 aromatic rings. The van der Waals surface area contributed by atoms with E-state index in [-0.39, 0.29) is 29.8 Å². The Bertz CT molecular complexity index is 986. The normalized spacial score (nSPS) is 21.2. The molecule has 36 heavy (non-hydrogen) atoms. The van der Waals surface area contributed by atoms with Crippen molar-refractivity contribution in [2.24, 2.45) is 11.7 Å². The minimum atomic E-state index is -0.500. The Morgan fingerprint density at radius 2 is 1.75 bits per heavy atom. The molecule has 0 spiro atoms. The van der Waals surface area contributed by atoms with Gasteiger partial charge in [-0.15, -0.1) is 0 Å². The lowest BCUT2D eigenvalue weighted by Crippen LogP contribution is -2.56. The lowest BCUT2D eigenvalue weighted by atomic mass is 9.83. The molecule has 3 rings (SSSR count). The first kappa shape index (κ1) is 27.7. The molecule has 2 fully saturated rings. The van der Waals surface area contributed by atoms with Crippen molar-refractivity contribution in [2.45, 2.75) is 83.8 Å². The summed E-state index contributed by atoms with van der Waals surface area (Å²) < 4.78 is 0. The number of likely N-dealkylation sites (N-methyl/N-ethyl adjacent to an activating group) is 1. The molecule has 1 saturated heterocycles. The van der Waals surface area contributed by atoms with Crippen LogP contribution in [0.3, 0.4) is 0 Å². The minimum Gasteiger partial charge on any atom is -0.398 e. The van der Waals surface area contributed by atoms with E-state index < -0.39 is 6.04 Å². The summed E-state index contributed by atoms with van der Waals surface area (Å²) in [6.07, 6.45) is 12.8. The zero-order valence-electron chi connectivity index (χ0n) is 22.5. The first-order valence-corrected chi connectivity index (χ1v) is 13.4. The first-order valence-electron chi connectivity index (χ1n) is 13.4. The Morgan fingerprint density at radius 1 is 1.08 bits per heavy atom. The molecule has 1 aliphatic carbocycles. The van der Waals surface area contributed by atoms with Gasteiger partial charge in [0.25, 0.3) is 0 Å². The quantitative estimate of drug-likeness (QED) is 0.447. The van der Waals surface area contributed by atoms with Crippen molar-refractivity contribution in [3.05, 3.63) is 65.3 Å². The van der Waals surface area contributed by atoms with E-state index in [1.165, 1.54) is 6.42 Å². The number of hydrogen-bond donors (Lipinski definition) is 3. The van der Waals surface area contributed by atoms with Crippen LogP contribution in [0, 0.1) is 19.8 Å². The van der Waals surface area contributed by atoms with Crippen molar-refractivity contribution < 1.29 is 9.59 Å². The van der Waals surface area contributed by atoms with Gasteiger partial charge in [0.05, 0.1) is 12.1 Å². The molecule has 6 heteroatoms. The molecule has 1 aromatic carbocycles. The molecule has 0 aromatic heterocycles. The van der Waals surface area contributed by atoms with Gasteiger partial charge in [0, 0.05) is 12.2 Å². The van der Waals surface area contributed by atoms with E-state index in [1.54, 1.807) is 13.1 Å². The smallest absolute Gasteiger partial charge is 0.245 e. The molecule has 1 saturated carbocycles. The zero-order chi connectivity index (χ0) is 26.2. The second-order valence-electron chi connectivity index (χ2n) is 10.5. The van der Waals surface area contributed by atoms with Gasteiger partial charge in [0.15, 0.2) is 0 Å². The molecular formula is C30H44N4O2. The summed E-state index contributed by atoms with van der Waals surface area (Å²) in [6, 6.07) is 5.35. The summed E-state index contributed by atoms with van der Waals surface area (Å²) in [6.45, 7) is 10.5. The molecule has 3 atom stereocenters. The van der Waals surface area contributed by atoms with Crippen LogP contribution in [0.15, 0.2) is 48.6 Å². The van der Waals surface area contributed by atoms with E-state index >= 15 is 0 Å². The van der Waals surface area contributed by atoms with E-state index in [9.17, 15) is 9.59 Å². The number of likely N-dealkylation sites (tertiary alicyclic amines) is 1. The zero-order valence-corrected chi connectivity index (χ0v) is 22.5. The van der Waals surface area contributed by atoms with Gasteiger partial charge in [-0.05, 0) is 88.8 Å². The number of carbonyl (C=O) groups excluding carboxylic acids is 2. The van der Waals surface area contributed by atoms with Crippen LogP contribution < -0.4 is 16.4 Å². The van der Waals surface area contributed by atoms with Gasteiger partial charge < -0.3 is 21.3 Å². The summed E-state index contributed by atoms with van der Waals surface area (Å²) in [4.78, 5) is 28.8. The van der Waals surface area contributed by atoms with Gasteiger partial charge in [-0.25, -0.2) is 0 Å². The van der Waals surface area contributed by atoms with Crippen molar-refractivity contribution in [3.63, 3.8) is 0 Å². The van der Waals surface area contributed by atoms with E-state index in [4.69, 9.17) is 5.73 Å². The fourth-order valence-electron chi connectivity index (χ4n) is 5.61. The number of carbonyl (C=O) groups is 2. The number of aryl methyl sites for hydroxylation is 2. The second-order valence-corrected chi connectivity index (χ2v) is 10.5. The Balaban J connectivity index is 1.89. The standard InChI is InChI=1S/C30H44N4O2/c1-6-11-24(19-26(31)25-17-20(2)16-21(3)18-25)27-14-10-15-34(27)30(36)28(23-12-8-7-9-13-23)33-29(35)22(4)32-5/h6,11,16-19,22-23,27-28,32H,1,7-10,12-15,31H2,2-5H3,(H,33,35)/b24-11+,26-19-. The summed E-state index contributed by atoms with van der Waals surface area (Å²) in [5.74, 6) is 0.0654. The van der Waals surface area contributed by atoms with Crippen molar-refractivity contribution in [3.8, 4) is 0 Å². The van der Waals surface area contributed by atoms with Gasteiger partial charge in [0.2, 0.25) is 11.8 Å². The highest BCUT2D eigenvalue weighted by atomic mass is 16.2. The molecular weight excluding hydrogens is 448 g/mol. The van der Waals surface area contributed by atoms with E-state index in [1.807, 2.05) is 24.0 Å².